The average Bonchev–Trinajstić information content (AvgIpc) is 2.39. The minimum Gasteiger partial charge on any atom is -0.496 e. The standard InChI is InChI=1S/C16H23NO4/c1-11-8-7-9-13(20-6)14(11)12(10-18)17(5)15(19)21-16(2,3)4/h7-10,12H,1-6H3. The largest absolute Gasteiger partial charge is 0.496 e. The molecule has 5 nitrogen and oxygen atoms in total. The van der Waals surface area contributed by atoms with Crippen LogP contribution in [0.3, 0.4) is 0 Å². The maximum atomic E-state index is 12.1. The van der Waals surface area contributed by atoms with Gasteiger partial charge in [0.1, 0.15) is 23.7 Å². The highest BCUT2D eigenvalue weighted by molar-refractivity contribution is 5.76. The molecule has 1 aromatic carbocycles. The van der Waals surface area contributed by atoms with E-state index in [0.717, 1.165) is 11.8 Å². The lowest BCUT2D eigenvalue weighted by atomic mass is 10.00. The van der Waals surface area contributed by atoms with Gasteiger partial charge in [0.05, 0.1) is 7.11 Å². The van der Waals surface area contributed by atoms with Crippen molar-refractivity contribution in [2.45, 2.75) is 39.3 Å². The molecule has 0 heterocycles. The van der Waals surface area contributed by atoms with Crippen molar-refractivity contribution < 1.29 is 19.1 Å². The molecule has 1 aromatic rings. The monoisotopic (exact) mass is 293 g/mol. The van der Waals surface area contributed by atoms with Crippen LogP contribution >= 0.6 is 0 Å². The van der Waals surface area contributed by atoms with Crippen LogP contribution in [0.15, 0.2) is 18.2 Å². The zero-order valence-electron chi connectivity index (χ0n) is 13.5. The van der Waals surface area contributed by atoms with E-state index in [1.54, 1.807) is 33.9 Å². The van der Waals surface area contributed by atoms with Crippen LogP contribution in [0.25, 0.3) is 0 Å². The summed E-state index contributed by atoms with van der Waals surface area (Å²) < 4.78 is 10.6. The van der Waals surface area contributed by atoms with Gasteiger partial charge in [-0.1, -0.05) is 12.1 Å². The highest BCUT2D eigenvalue weighted by Crippen LogP contribution is 2.31. The van der Waals surface area contributed by atoms with Crippen LogP contribution in [0.5, 0.6) is 5.75 Å². The van der Waals surface area contributed by atoms with E-state index in [1.165, 1.54) is 12.0 Å². The molecule has 0 bridgehead atoms. The Kier molecular flexibility index (Phi) is 5.35. The Labute approximate surface area is 125 Å². The Bertz CT molecular complexity index is 519. The predicted molar refractivity (Wildman–Crippen MR) is 80.5 cm³/mol. The van der Waals surface area contributed by atoms with Gasteiger partial charge in [0, 0.05) is 12.6 Å². The van der Waals surface area contributed by atoms with Crippen molar-refractivity contribution in [3.63, 3.8) is 0 Å². The third-order valence-corrected chi connectivity index (χ3v) is 3.03. The van der Waals surface area contributed by atoms with E-state index in [2.05, 4.69) is 0 Å². The van der Waals surface area contributed by atoms with Gasteiger partial charge in [0.15, 0.2) is 0 Å². The van der Waals surface area contributed by atoms with E-state index < -0.39 is 17.7 Å². The lowest BCUT2D eigenvalue weighted by Gasteiger charge is -2.29. The molecule has 21 heavy (non-hydrogen) atoms. The van der Waals surface area contributed by atoms with Crippen molar-refractivity contribution >= 4 is 12.4 Å². The average molecular weight is 293 g/mol. The fraction of sp³-hybridized carbons (Fsp3) is 0.500. The minimum absolute atomic E-state index is 0.551. The summed E-state index contributed by atoms with van der Waals surface area (Å²) in [4.78, 5) is 25.0. The number of aryl methyl sites for hydroxylation is 1. The normalized spacial score (nSPS) is 12.5. The summed E-state index contributed by atoms with van der Waals surface area (Å²) >= 11 is 0. The minimum atomic E-state index is -0.754. The van der Waals surface area contributed by atoms with Crippen molar-refractivity contribution in [2.24, 2.45) is 0 Å². The molecule has 0 saturated carbocycles. The Balaban J connectivity index is 3.14. The highest BCUT2D eigenvalue weighted by atomic mass is 16.6. The first-order valence-corrected chi connectivity index (χ1v) is 6.76. The van der Waals surface area contributed by atoms with Crippen LogP contribution in [0, 0.1) is 6.92 Å². The summed E-state index contributed by atoms with van der Waals surface area (Å²) in [5, 5.41) is 0. The van der Waals surface area contributed by atoms with Crippen LogP contribution in [0.4, 0.5) is 4.79 Å². The van der Waals surface area contributed by atoms with E-state index >= 15 is 0 Å². The van der Waals surface area contributed by atoms with Gasteiger partial charge in [-0.05, 0) is 39.3 Å². The molecule has 0 spiro atoms. The topological polar surface area (TPSA) is 55.8 Å². The van der Waals surface area contributed by atoms with Gasteiger partial charge >= 0.3 is 6.09 Å². The second-order valence-corrected chi connectivity index (χ2v) is 5.86. The molecular formula is C16H23NO4. The van der Waals surface area contributed by atoms with Crippen molar-refractivity contribution in [1.29, 1.82) is 0 Å². The first-order valence-electron chi connectivity index (χ1n) is 6.76. The van der Waals surface area contributed by atoms with Gasteiger partial charge in [0.2, 0.25) is 0 Å². The first kappa shape index (κ1) is 17.0. The van der Waals surface area contributed by atoms with Crippen molar-refractivity contribution in [3.05, 3.63) is 29.3 Å². The molecule has 0 fully saturated rings. The molecule has 0 aliphatic rings. The summed E-state index contributed by atoms with van der Waals surface area (Å²) in [6, 6.07) is 4.72. The molecule has 5 heteroatoms. The van der Waals surface area contributed by atoms with Gasteiger partial charge < -0.3 is 14.3 Å². The van der Waals surface area contributed by atoms with Crippen LogP contribution < -0.4 is 4.74 Å². The molecule has 1 amide bonds. The van der Waals surface area contributed by atoms with Crippen LogP contribution in [-0.4, -0.2) is 37.0 Å². The fourth-order valence-corrected chi connectivity index (χ4v) is 2.01. The van der Waals surface area contributed by atoms with Crippen LogP contribution in [0.1, 0.15) is 37.9 Å². The molecule has 0 aliphatic carbocycles. The Hall–Kier alpha value is -2.04. The van der Waals surface area contributed by atoms with Crippen molar-refractivity contribution in [2.75, 3.05) is 14.2 Å². The van der Waals surface area contributed by atoms with Gasteiger partial charge in [-0.15, -0.1) is 0 Å². The van der Waals surface area contributed by atoms with Crippen molar-refractivity contribution in [3.8, 4) is 5.75 Å². The third-order valence-electron chi connectivity index (χ3n) is 3.03. The number of benzene rings is 1. The summed E-state index contributed by atoms with van der Waals surface area (Å²) in [5.41, 5.74) is 0.930. The van der Waals surface area contributed by atoms with Gasteiger partial charge in [-0.2, -0.15) is 0 Å². The zero-order chi connectivity index (χ0) is 16.2. The van der Waals surface area contributed by atoms with Crippen LogP contribution in [-0.2, 0) is 9.53 Å². The number of methoxy groups -OCH3 is 1. The summed E-state index contributed by atoms with van der Waals surface area (Å²) in [7, 11) is 3.08. The van der Waals surface area contributed by atoms with Gasteiger partial charge in [-0.25, -0.2) is 4.79 Å². The molecule has 0 saturated heterocycles. The summed E-state index contributed by atoms with van der Waals surface area (Å²) in [5.74, 6) is 0.572. The van der Waals surface area contributed by atoms with E-state index in [4.69, 9.17) is 9.47 Å². The van der Waals surface area contributed by atoms with E-state index in [-0.39, 0.29) is 0 Å². The molecular weight excluding hydrogens is 270 g/mol. The number of carbonyl (C=O) groups is 2. The van der Waals surface area contributed by atoms with Gasteiger partial charge in [0.25, 0.3) is 0 Å². The highest BCUT2D eigenvalue weighted by Gasteiger charge is 2.29. The lowest BCUT2D eigenvalue weighted by Crippen LogP contribution is -2.37. The van der Waals surface area contributed by atoms with E-state index in [1.807, 2.05) is 19.1 Å². The number of hydrogen-bond acceptors (Lipinski definition) is 4. The molecule has 0 aliphatic heterocycles. The molecule has 1 rings (SSSR count). The zero-order valence-corrected chi connectivity index (χ0v) is 13.5. The number of ether oxygens (including phenoxy) is 2. The fourth-order valence-electron chi connectivity index (χ4n) is 2.01. The number of likely N-dealkylation sites (N-methyl/N-ethyl adjacent to an activating group) is 1. The number of hydrogen-bond donors (Lipinski definition) is 0. The molecule has 0 N–H and O–H groups in total. The number of aldehydes is 1. The number of nitrogens with zero attached hydrogens (tertiary/aromatic N) is 1. The second-order valence-electron chi connectivity index (χ2n) is 5.86. The third kappa shape index (κ3) is 4.21. The van der Waals surface area contributed by atoms with Crippen molar-refractivity contribution in [1.82, 2.24) is 4.90 Å². The maximum absolute atomic E-state index is 12.1. The Morgan fingerprint density at radius 3 is 2.43 bits per heavy atom. The SMILES string of the molecule is COc1cccc(C)c1C(C=O)N(C)C(=O)OC(C)(C)C. The molecule has 0 aromatic heterocycles. The molecule has 0 radical (unpaired) electrons. The number of carbonyl (C=O) groups excluding carboxylic acids is 2. The van der Waals surface area contributed by atoms with Gasteiger partial charge in [-0.3, -0.25) is 4.90 Å². The Morgan fingerprint density at radius 1 is 1.33 bits per heavy atom. The lowest BCUT2D eigenvalue weighted by molar-refractivity contribution is -0.112. The summed E-state index contributed by atoms with van der Waals surface area (Å²) in [6.07, 6.45) is 0.166. The van der Waals surface area contributed by atoms with E-state index in [0.29, 0.717) is 11.3 Å². The predicted octanol–water partition coefficient (Wildman–Crippen LogP) is 3.11. The number of amides is 1. The molecule has 1 unspecified atom stereocenters. The number of rotatable bonds is 4. The maximum Gasteiger partial charge on any atom is 0.410 e. The molecule has 1 atom stereocenters. The van der Waals surface area contributed by atoms with E-state index in [9.17, 15) is 9.59 Å². The van der Waals surface area contributed by atoms with Crippen LogP contribution in [0.2, 0.25) is 0 Å². The summed E-state index contributed by atoms with van der Waals surface area (Å²) in [6.45, 7) is 7.21. The quantitative estimate of drug-likeness (QED) is 0.800. The second kappa shape index (κ2) is 6.61. The first-order chi connectivity index (χ1) is 9.71. The smallest absolute Gasteiger partial charge is 0.410 e. The molecule has 116 valence electrons. The Morgan fingerprint density at radius 2 is 1.95 bits per heavy atom.